The van der Waals surface area contributed by atoms with E-state index in [1.54, 1.807) is 7.11 Å². The van der Waals surface area contributed by atoms with Crippen LogP contribution in [0.3, 0.4) is 0 Å². The maximum Gasteiger partial charge on any atom is 0.133 e. The summed E-state index contributed by atoms with van der Waals surface area (Å²) in [5.74, 6) is 0.877. The van der Waals surface area contributed by atoms with Gasteiger partial charge in [-0.25, -0.2) is 0 Å². The highest BCUT2D eigenvalue weighted by atomic mass is 79.9. The third-order valence-corrected chi connectivity index (χ3v) is 3.74. The molecule has 0 unspecified atom stereocenters. The molecule has 1 aliphatic heterocycles. The van der Waals surface area contributed by atoms with Gasteiger partial charge in [0, 0.05) is 19.6 Å². The van der Waals surface area contributed by atoms with Crippen LogP contribution in [0, 0.1) is 0 Å². The standard InChI is InChI=1S/C14H20BrNO2/c1-10-7-16(8-11(2)18-10)9-12-4-5-14(17-3)13(15)6-12/h4-6,10-11H,7-9H2,1-3H3/t10-,11+. The predicted molar refractivity (Wildman–Crippen MR) is 76.0 cm³/mol. The average molecular weight is 314 g/mol. The maximum absolute atomic E-state index is 5.74. The summed E-state index contributed by atoms with van der Waals surface area (Å²) in [6.45, 7) is 7.21. The van der Waals surface area contributed by atoms with E-state index in [9.17, 15) is 0 Å². The minimum absolute atomic E-state index is 0.315. The molecular formula is C14H20BrNO2. The van der Waals surface area contributed by atoms with Crippen molar-refractivity contribution in [3.8, 4) is 5.75 Å². The van der Waals surface area contributed by atoms with Crippen molar-refractivity contribution in [3.05, 3.63) is 28.2 Å². The van der Waals surface area contributed by atoms with Crippen LogP contribution in [0.2, 0.25) is 0 Å². The molecule has 2 rings (SSSR count). The smallest absolute Gasteiger partial charge is 0.133 e. The van der Waals surface area contributed by atoms with E-state index in [0.717, 1.165) is 29.9 Å². The van der Waals surface area contributed by atoms with Crippen LogP contribution in [0.15, 0.2) is 22.7 Å². The lowest BCUT2D eigenvalue weighted by Gasteiger charge is -2.35. The number of morpholine rings is 1. The van der Waals surface area contributed by atoms with Gasteiger partial charge in [-0.2, -0.15) is 0 Å². The molecule has 18 heavy (non-hydrogen) atoms. The molecule has 1 aromatic rings. The quantitative estimate of drug-likeness (QED) is 0.856. The van der Waals surface area contributed by atoms with Crippen LogP contribution in [0.4, 0.5) is 0 Å². The Labute approximate surface area is 117 Å². The molecule has 4 heteroatoms. The van der Waals surface area contributed by atoms with Gasteiger partial charge in [0.25, 0.3) is 0 Å². The highest BCUT2D eigenvalue weighted by Gasteiger charge is 2.22. The lowest BCUT2D eigenvalue weighted by molar-refractivity contribution is -0.0704. The van der Waals surface area contributed by atoms with Crippen LogP contribution in [0.25, 0.3) is 0 Å². The van der Waals surface area contributed by atoms with Crippen molar-refractivity contribution in [1.82, 2.24) is 4.90 Å². The summed E-state index contributed by atoms with van der Waals surface area (Å²) in [5.41, 5.74) is 1.30. The third kappa shape index (κ3) is 3.46. The summed E-state index contributed by atoms with van der Waals surface area (Å²) in [4.78, 5) is 2.44. The molecule has 1 fully saturated rings. The van der Waals surface area contributed by atoms with Gasteiger partial charge in [-0.05, 0) is 47.5 Å². The molecule has 1 aliphatic rings. The average Bonchev–Trinajstić information content (AvgIpc) is 2.27. The summed E-state index contributed by atoms with van der Waals surface area (Å²) in [5, 5.41) is 0. The number of hydrogen-bond donors (Lipinski definition) is 0. The number of halogens is 1. The van der Waals surface area contributed by atoms with E-state index in [1.807, 2.05) is 6.07 Å². The first-order valence-electron chi connectivity index (χ1n) is 6.28. The van der Waals surface area contributed by atoms with Gasteiger partial charge in [-0.3, -0.25) is 4.90 Å². The molecule has 3 nitrogen and oxygen atoms in total. The molecule has 1 saturated heterocycles. The Kier molecular flexibility index (Phi) is 4.65. The largest absolute Gasteiger partial charge is 0.496 e. The Morgan fingerprint density at radius 1 is 1.33 bits per heavy atom. The molecule has 0 radical (unpaired) electrons. The summed E-state index contributed by atoms with van der Waals surface area (Å²) >= 11 is 3.53. The summed E-state index contributed by atoms with van der Waals surface area (Å²) < 4.78 is 12.0. The Hall–Kier alpha value is -0.580. The van der Waals surface area contributed by atoms with E-state index in [2.05, 4.69) is 46.8 Å². The van der Waals surface area contributed by atoms with E-state index in [1.165, 1.54) is 5.56 Å². The normalized spacial score (nSPS) is 25.1. The number of methoxy groups -OCH3 is 1. The van der Waals surface area contributed by atoms with Crippen LogP contribution in [-0.2, 0) is 11.3 Å². The molecule has 2 atom stereocenters. The van der Waals surface area contributed by atoms with Crippen LogP contribution < -0.4 is 4.74 Å². The molecule has 100 valence electrons. The Morgan fingerprint density at radius 3 is 2.56 bits per heavy atom. The third-order valence-electron chi connectivity index (χ3n) is 3.12. The highest BCUT2D eigenvalue weighted by Crippen LogP contribution is 2.26. The van der Waals surface area contributed by atoms with Crippen LogP contribution >= 0.6 is 15.9 Å². The SMILES string of the molecule is COc1ccc(CN2C[C@@H](C)O[C@@H](C)C2)cc1Br. The fraction of sp³-hybridized carbons (Fsp3) is 0.571. The van der Waals surface area contributed by atoms with Crippen molar-refractivity contribution in [3.63, 3.8) is 0 Å². The molecule has 0 bridgehead atoms. The van der Waals surface area contributed by atoms with Crippen LogP contribution in [0.5, 0.6) is 5.75 Å². The number of benzene rings is 1. The van der Waals surface area contributed by atoms with Gasteiger partial charge in [0.15, 0.2) is 0 Å². The summed E-state index contributed by atoms with van der Waals surface area (Å²) in [6, 6.07) is 6.25. The Morgan fingerprint density at radius 2 is 2.00 bits per heavy atom. The van der Waals surface area contributed by atoms with Gasteiger partial charge >= 0.3 is 0 Å². The van der Waals surface area contributed by atoms with Gasteiger partial charge in [-0.1, -0.05) is 6.07 Å². The van der Waals surface area contributed by atoms with Crippen molar-refractivity contribution in [2.45, 2.75) is 32.6 Å². The van der Waals surface area contributed by atoms with Crippen molar-refractivity contribution >= 4 is 15.9 Å². The van der Waals surface area contributed by atoms with E-state index >= 15 is 0 Å². The van der Waals surface area contributed by atoms with Gasteiger partial charge < -0.3 is 9.47 Å². The topological polar surface area (TPSA) is 21.7 Å². The van der Waals surface area contributed by atoms with E-state index in [-0.39, 0.29) is 0 Å². The number of rotatable bonds is 3. The Bertz CT molecular complexity index is 401. The molecule has 0 spiro atoms. The summed E-state index contributed by atoms with van der Waals surface area (Å²) in [6.07, 6.45) is 0.630. The monoisotopic (exact) mass is 313 g/mol. The predicted octanol–water partition coefficient (Wildman–Crippen LogP) is 3.07. The lowest BCUT2D eigenvalue weighted by Crippen LogP contribution is -2.44. The molecule has 1 aromatic carbocycles. The van der Waals surface area contributed by atoms with Crippen molar-refractivity contribution in [2.24, 2.45) is 0 Å². The minimum Gasteiger partial charge on any atom is -0.496 e. The van der Waals surface area contributed by atoms with E-state index in [0.29, 0.717) is 12.2 Å². The van der Waals surface area contributed by atoms with Gasteiger partial charge in [0.2, 0.25) is 0 Å². The molecule has 0 aliphatic carbocycles. The maximum atomic E-state index is 5.74. The lowest BCUT2D eigenvalue weighted by atomic mass is 10.1. The van der Waals surface area contributed by atoms with E-state index < -0.39 is 0 Å². The highest BCUT2D eigenvalue weighted by molar-refractivity contribution is 9.10. The second kappa shape index (κ2) is 6.04. The fourth-order valence-electron chi connectivity index (χ4n) is 2.48. The van der Waals surface area contributed by atoms with Gasteiger partial charge in [-0.15, -0.1) is 0 Å². The Balaban J connectivity index is 2.02. The number of ether oxygens (including phenoxy) is 2. The zero-order chi connectivity index (χ0) is 13.1. The zero-order valence-electron chi connectivity index (χ0n) is 11.1. The molecule has 0 aromatic heterocycles. The van der Waals surface area contributed by atoms with E-state index in [4.69, 9.17) is 9.47 Å². The second-order valence-corrected chi connectivity index (χ2v) is 5.77. The van der Waals surface area contributed by atoms with Gasteiger partial charge in [0.05, 0.1) is 23.8 Å². The first kappa shape index (κ1) is 13.8. The van der Waals surface area contributed by atoms with Crippen molar-refractivity contribution in [1.29, 1.82) is 0 Å². The first-order valence-corrected chi connectivity index (χ1v) is 7.08. The molecule has 0 amide bonds. The van der Waals surface area contributed by atoms with Crippen molar-refractivity contribution < 1.29 is 9.47 Å². The number of nitrogens with zero attached hydrogens (tertiary/aromatic N) is 1. The molecule has 0 saturated carbocycles. The molecular weight excluding hydrogens is 294 g/mol. The summed E-state index contributed by atoms with van der Waals surface area (Å²) in [7, 11) is 1.69. The second-order valence-electron chi connectivity index (χ2n) is 4.92. The zero-order valence-corrected chi connectivity index (χ0v) is 12.7. The van der Waals surface area contributed by atoms with Crippen LogP contribution in [0.1, 0.15) is 19.4 Å². The number of hydrogen-bond acceptors (Lipinski definition) is 3. The minimum atomic E-state index is 0.315. The van der Waals surface area contributed by atoms with Crippen molar-refractivity contribution in [2.75, 3.05) is 20.2 Å². The van der Waals surface area contributed by atoms with Crippen LogP contribution in [-0.4, -0.2) is 37.3 Å². The first-order chi connectivity index (χ1) is 8.58. The fourth-order valence-corrected chi connectivity index (χ4v) is 3.07. The van der Waals surface area contributed by atoms with Gasteiger partial charge in [0.1, 0.15) is 5.75 Å². The molecule has 0 N–H and O–H groups in total. The molecule has 1 heterocycles.